The molecule has 3 heterocycles. The highest BCUT2D eigenvalue weighted by atomic mass is 35.5. The van der Waals surface area contributed by atoms with Crippen LogP contribution in [0.2, 0.25) is 5.02 Å². The Morgan fingerprint density at radius 1 is 1.16 bits per heavy atom. The predicted molar refractivity (Wildman–Crippen MR) is 120 cm³/mol. The summed E-state index contributed by atoms with van der Waals surface area (Å²) >= 11 is 8.70. The number of aryl methyl sites for hydroxylation is 1. The number of carbonyl (C=O) groups excluding carboxylic acids is 3. The minimum absolute atomic E-state index is 0.348. The van der Waals surface area contributed by atoms with Gasteiger partial charge in [-0.3, -0.25) is 19.6 Å². The van der Waals surface area contributed by atoms with Crippen molar-refractivity contribution in [3.8, 4) is 0 Å². The topological polar surface area (TPSA) is 90.3 Å². The molecule has 2 amide bonds. The molecule has 7 nitrogen and oxygen atoms in total. The van der Waals surface area contributed by atoms with Crippen LogP contribution in [0.1, 0.15) is 30.6 Å². The van der Waals surface area contributed by atoms with E-state index in [0.717, 1.165) is 21.5 Å². The van der Waals surface area contributed by atoms with Gasteiger partial charge in [-0.1, -0.05) is 35.9 Å². The van der Waals surface area contributed by atoms with E-state index in [0.29, 0.717) is 21.3 Å². The molecule has 1 aromatic carbocycles. The number of nitrogens with one attached hydrogen (secondary N) is 1. The maximum Gasteiger partial charge on any atom is 0.348 e. The third kappa shape index (κ3) is 4.68. The lowest BCUT2D eigenvalue weighted by atomic mass is 10.2. The van der Waals surface area contributed by atoms with Gasteiger partial charge in [0.05, 0.1) is 17.1 Å². The number of aromatic nitrogens is 2. The van der Waals surface area contributed by atoms with Crippen molar-refractivity contribution in [3.05, 3.63) is 73.9 Å². The first-order valence-corrected chi connectivity index (χ1v) is 11.2. The van der Waals surface area contributed by atoms with Crippen molar-refractivity contribution in [2.45, 2.75) is 13.5 Å². The van der Waals surface area contributed by atoms with Gasteiger partial charge < -0.3 is 4.74 Å². The first kappa shape index (κ1) is 21.2. The lowest BCUT2D eigenvalue weighted by molar-refractivity contribution is -0.123. The van der Waals surface area contributed by atoms with Gasteiger partial charge in [-0.2, -0.15) is 5.10 Å². The van der Waals surface area contributed by atoms with Crippen LogP contribution in [0.3, 0.4) is 0 Å². The molecule has 4 aromatic rings. The number of halogens is 1. The van der Waals surface area contributed by atoms with Crippen molar-refractivity contribution < 1.29 is 19.1 Å². The minimum atomic E-state index is -0.686. The number of amides is 2. The van der Waals surface area contributed by atoms with Gasteiger partial charge in [-0.15, -0.1) is 22.7 Å². The van der Waals surface area contributed by atoms with Gasteiger partial charge >= 0.3 is 5.97 Å². The molecule has 0 aliphatic rings. The first-order chi connectivity index (χ1) is 14.9. The van der Waals surface area contributed by atoms with E-state index in [9.17, 15) is 14.4 Å². The van der Waals surface area contributed by atoms with E-state index in [1.54, 1.807) is 28.3 Å². The number of esters is 1. The van der Waals surface area contributed by atoms with E-state index < -0.39 is 24.4 Å². The molecule has 0 bridgehead atoms. The summed E-state index contributed by atoms with van der Waals surface area (Å²) in [5.74, 6) is -1.84. The fraction of sp³-hybridized carbons (Fsp3) is 0.143. The molecule has 31 heavy (non-hydrogen) atoms. The molecule has 0 spiro atoms. The number of hydrogen-bond acceptors (Lipinski definition) is 7. The van der Waals surface area contributed by atoms with Gasteiger partial charge in [-0.05, 0) is 36.1 Å². The largest absolute Gasteiger partial charge is 0.451 e. The molecule has 0 saturated heterocycles. The maximum atomic E-state index is 12.4. The summed E-state index contributed by atoms with van der Waals surface area (Å²) in [5, 5.41) is 9.94. The lowest BCUT2D eigenvalue weighted by Gasteiger charge is -2.05. The van der Waals surface area contributed by atoms with Crippen LogP contribution >= 0.6 is 34.3 Å². The fourth-order valence-corrected chi connectivity index (χ4v) is 4.81. The third-order valence-corrected chi connectivity index (χ3v) is 6.78. The lowest BCUT2D eigenvalue weighted by Crippen LogP contribution is -2.33. The van der Waals surface area contributed by atoms with Crippen molar-refractivity contribution in [3.63, 3.8) is 0 Å². The van der Waals surface area contributed by atoms with E-state index in [-0.39, 0.29) is 0 Å². The normalized spacial score (nSPS) is 10.9. The molecular weight excluding hydrogens is 458 g/mol. The highest BCUT2D eigenvalue weighted by Gasteiger charge is 2.19. The van der Waals surface area contributed by atoms with Gasteiger partial charge in [0.2, 0.25) is 0 Å². The van der Waals surface area contributed by atoms with Crippen molar-refractivity contribution in [1.29, 1.82) is 0 Å². The number of nitrogens with zero attached hydrogens (tertiary/aromatic N) is 2. The van der Waals surface area contributed by atoms with Gasteiger partial charge in [0.1, 0.15) is 9.71 Å². The predicted octanol–water partition coefficient (Wildman–Crippen LogP) is 4.28. The second kappa shape index (κ2) is 9.01. The summed E-state index contributed by atoms with van der Waals surface area (Å²) in [6.45, 7) is 1.78. The second-order valence-corrected chi connectivity index (χ2v) is 8.98. The average molecular weight is 474 g/mol. The molecule has 0 radical (unpaired) electrons. The van der Waals surface area contributed by atoms with Crippen LogP contribution in [-0.2, 0) is 16.1 Å². The molecule has 1 N–H and O–H groups in total. The minimum Gasteiger partial charge on any atom is -0.451 e. The number of benzene rings is 1. The SMILES string of the molecule is Cc1nn(Cc2ccccc2Cl)c2sc(C(=O)OCC(=O)NC(=O)c3cccs3)cc12. The Bertz CT molecular complexity index is 1280. The Labute approximate surface area is 190 Å². The highest BCUT2D eigenvalue weighted by Crippen LogP contribution is 2.30. The zero-order valence-corrected chi connectivity index (χ0v) is 18.6. The Morgan fingerprint density at radius 2 is 1.97 bits per heavy atom. The molecular formula is C21H16ClN3O4S2. The quantitative estimate of drug-likeness (QED) is 0.422. The number of rotatable bonds is 6. The van der Waals surface area contributed by atoms with Crippen LogP contribution in [-0.4, -0.2) is 34.2 Å². The third-order valence-electron chi connectivity index (χ3n) is 4.42. The summed E-state index contributed by atoms with van der Waals surface area (Å²) in [6.07, 6.45) is 0. The molecule has 0 aliphatic carbocycles. The van der Waals surface area contributed by atoms with Crippen LogP contribution in [0.25, 0.3) is 10.2 Å². The number of ether oxygens (including phenoxy) is 1. The maximum absolute atomic E-state index is 12.4. The number of carbonyl (C=O) groups is 3. The van der Waals surface area contributed by atoms with Crippen LogP contribution in [0.15, 0.2) is 47.8 Å². The Balaban J connectivity index is 1.43. The Hall–Kier alpha value is -3.01. The van der Waals surface area contributed by atoms with Gasteiger partial charge in [0.15, 0.2) is 6.61 Å². The monoisotopic (exact) mass is 473 g/mol. The van der Waals surface area contributed by atoms with Crippen molar-refractivity contribution in [2.75, 3.05) is 6.61 Å². The van der Waals surface area contributed by atoms with Crippen LogP contribution in [0, 0.1) is 6.92 Å². The van der Waals surface area contributed by atoms with Gasteiger partial charge in [0.25, 0.3) is 11.8 Å². The molecule has 0 unspecified atom stereocenters. The molecule has 158 valence electrons. The molecule has 4 rings (SSSR count). The molecule has 0 atom stereocenters. The van der Waals surface area contributed by atoms with Crippen molar-refractivity contribution >= 4 is 62.3 Å². The number of thiophene rings is 2. The number of imide groups is 1. The smallest absolute Gasteiger partial charge is 0.348 e. The van der Waals surface area contributed by atoms with E-state index in [4.69, 9.17) is 16.3 Å². The zero-order valence-electron chi connectivity index (χ0n) is 16.3. The molecule has 10 heteroatoms. The van der Waals surface area contributed by atoms with Crippen molar-refractivity contribution in [2.24, 2.45) is 0 Å². The van der Waals surface area contributed by atoms with E-state index in [1.165, 1.54) is 22.7 Å². The molecule has 0 aliphatic heterocycles. The van der Waals surface area contributed by atoms with E-state index >= 15 is 0 Å². The summed E-state index contributed by atoms with van der Waals surface area (Å²) in [4.78, 5) is 37.8. The van der Waals surface area contributed by atoms with E-state index in [2.05, 4.69) is 10.4 Å². The summed E-state index contributed by atoms with van der Waals surface area (Å²) < 4.78 is 6.88. The molecule has 3 aromatic heterocycles. The average Bonchev–Trinajstić information content (AvgIpc) is 3.47. The fourth-order valence-electron chi connectivity index (χ4n) is 2.94. The Kier molecular flexibility index (Phi) is 6.17. The summed E-state index contributed by atoms with van der Waals surface area (Å²) in [5.41, 5.74) is 1.69. The van der Waals surface area contributed by atoms with E-state index in [1.807, 2.05) is 31.2 Å². The number of hydrogen-bond donors (Lipinski definition) is 1. The number of fused-ring (bicyclic) bond motifs is 1. The van der Waals surface area contributed by atoms with Gasteiger partial charge in [-0.25, -0.2) is 4.79 Å². The van der Waals surface area contributed by atoms with Crippen molar-refractivity contribution in [1.82, 2.24) is 15.1 Å². The Morgan fingerprint density at radius 3 is 2.71 bits per heavy atom. The molecule has 0 fully saturated rings. The van der Waals surface area contributed by atoms with Crippen LogP contribution < -0.4 is 5.32 Å². The van der Waals surface area contributed by atoms with Gasteiger partial charge in [0, 0.05) is 10.4 Å². The summed E-state index contributed by atoms with van der Waals surface area (Å²) in [7, 11) is 0. The highest BCUT2D eigenvalue weighted by molar-refractivity contribution is 7.20. The second-order valence-electron chi connectivity index (χ2n) is 6.59. The summed E-state index contributed by atoms with van der Waals surface area (Å²) in [6, 6.07) is 12.5. The van der Waals surface area contributed by atoms with Crippen LogP contribution in [0.5, 0.6) is 0 Å². The van der Waals surface area contributed by atoms with Crippen LogP contribution in [0.4, 0.5) is 0 Å². The zero-order chi connectivity index (χ0) is 22.0. The first-order valence-electron chi connectivity index (χ1n) is 9.17. The standard InChI is InChI=1S/C21H16ClN3O4S2/c1-12-14-9-17(21(28)29-11-18(26)23-19(27)16-7-4-8-30-16)31-20(14)25(24-12)10-13-5-2-3-6-15(13)22/h2-9H,10-11H2,1H3,(H,23,26,27). The molecule has 0 saturated carbocycles.